The molecule has 4 heterocycles. The van der Waals surface area contributed by atoms with Crippen molar-refractivity contribution in [1.29, 1.82) is 0 Å². The lowest BCUT2D eigenvalue weighted by Crippen LogP contribution is -2.34. The molecular formula is C92H59N4+. The van der Waals surface area contributed by atoms with Crippen LogP contribution in [0.1, 0.15) is 0 Å². The fourth-order valence-electron chi connectivity index (χ4n) is 18.0. The topological polar surface area (TPSA) is 17.6 Å². The molecule has 0 fully saturated rings. The zero-order chi connectivity index (χ0) is 63.3. The summed E-state index contributed by atoms with van der Waals surface area (Å²) in [4.78, 5) is 0. The van der Waals surface area contributed by atoms with Crippen LogP contribution in [0.2, 0.25) is 0 Å². The number of nitrogens with zero attached hydrogens (tertiary/aromatic N) is 4. The molecule has 18 aromatic carbocycles. The average molecular weight is 1220 g/mol. The van der Waals surface area contributed by atoms with Crippen molar-refractivity contribution in [2.24, 2.45) is 28.2 Å². The Labute approximate surface area is 552 Å². The van der Waals surface area contributed by atoms with Gasteiger partial charge in [-0.3, -0.25) is 0 Å². The Kier molecular flexibility index (Phi) is 10.9. The first kappa shape index (κ1) is 53.3. The van der Waals surface area contributed by atoms with Gasteiger partial charge in [0.05, 0.1) is 38.3 Å². The van der Waals surface area contributed by atoms with Crippen LogP contribution in [0.4, 0.5) is 0 Å². The summed E-state index contributed by atoms with van der Waals surface area (Å²) in [5, 5.41) is 31.0. The van der Waals surface area contributed by atoms with E-state index in [1.165, 1.54) is 212 Å². The van der Waals surface area contributed by atoms with E-state index in [4.69, 9.17) is 0 Å². The zero-order valence-electron chi connectivity index (χ0n) is 53.4. The van der Waals surface area contributed by atoms with Crippen molar-refractivity contribution in [3.05, 3.63) is 291 Å². The van der Waals surface area contributed by atoms with E-state index in [0.29, 0.717) is 0 Å². The van der Waals surface area contributed by atoms with Gasteiger partial charge in [0, 0.05) is 74.6 Å². The molecule has 0 N–H and O–H groups in total. The van der Waals surface area contributed by atoms with Gasteiger partial charge in [-0.25, -0.2) is 4.57 Å². The highest BCUT2D eigenvalue weighted by Gasteiger charge is 2.34. The van der Waals surface area contributed by atoms with Crippen molar-refractivity contribution < 1.29 is 9.13 Å². The van der Waals surface area contributed by atoms with Crippen LogP contribution < -0.4 is 9.13 Å². The van der Waals surface area contributed by atoms with Gasteiger partial charge in [0.1, 0.15) is 19.6 Å². The highest BCUT2D eigenvalue weighted by atomic mass is 15.0. The van der Waals surface area contributed by atoms with E-state index >= 15 is 0 Å². The summed E-state index contributed by atoms with van der Waals surface area (Å²) in [5.41, 5.74) is 19.8. The molecule has 0 aliphatic heterocycles. The monoisotopic (exact) mass is 1220 g/mol. The highest BCUT2D eigenvalue weighted by molar-refractivity contribution is 6.40. The highest BCUT2D eigenvalue weighted by Crippen LogP contribution is 2.54. The van der Waals surface area contributed by atoms with Crippen LogP contribution in [0.5, 0.6) is 0 Å². The molecule has 22 aromatic rings. The van der Waals surface area contributed by atoms with Crippen LogP contribution in [-0.2, 0) is 28.2 Å². The van der Waals surface area contributed by atoms with Gasteiger partial charge in [-0.15, -0.1) is 22.9 Å². The summed E-state index contributed by atoms with van der Waals surface area (Å²) >= 11 is 0. The predicted octanol–water partition coefficient (Wildman–Crippen LogP) is 22.9. The molecule has 0 radical (unpaired) electrons. The number of hydrogen-bond donors (Lipinski definition) is 0. The van der Waals surface area contributed by atoms with Crippen LogP contribution in [0, 0.1) is 6.07 Å². The van der Waals surface area contributed by atoms with Crippen molar-refractivity contribution in [2.45, 2.75) is 0 Å². The summed E-state index contributed by atoms with van der Waals surface area (Å²) in [6, 6.07) is 109. The number of fused-ring (bicyclic) bond motifs is 8. The van der Waals surface area contributed by atoms with Gasteiger partial charge in [-0.1, -0.05) is 254 Å². The van der Waals surface area contributed by atoms with Crippen LogP contribution in [0.25, 0.3) is 218 Å². The van der Waals surface area contributed by atoms with Gasteiger partial charge in [-0.2, -0.15) is 10.6 Å². The minimum atomic E-state index is 1.12. The van der Waals surface area contributed by atoms with Crippen molar-refractivity contribution in [2.75, 3.05) is 0 Å². The first-order valence-corrected chi connectivity index (χ1v) is 33.4. The molecule has 0 unspecified atom stereocenters. The maximum absolute atomic E-state index is 3.76. The van der Waals surface area contributed by atoms with E-state index in [9.17, 15) is 0 Å². The molecule has 0 saturated heterocycles. The summed E-state index contributed by atoms with van der Waals surface area (Å²) in [5.74, 6) is 0. The number of benzene rings is 18. The van der Waals surface area contributed by atoms with E-state index in [1.54, 1.807) is 0 Å². The molecule has 22 rings (SSSR count). The normalized spacial score (nSPS) is 12.4. The molecule has 96 heavy (non-hydrogen) atoms. The van der Waals surface area contributed by atoms with Crippen LogP contribution in [0.3, 0.4) is 0 Å². The quantitative estimate of drug-likeness (QED) is 0.0723. The summed E-state index contributed by atoms with van der Waals surface area (Å²) < 4.78 is 9.86. The maximum Gasteiger partial charge on any atom is 0.223 e. The summed E-state index contributed by atoms with van der Waals surface area (Å²) in [6.07, 6.45) is 0. The first-order valence-electron chi connectivity index (χ1n) is 33.4. The lowest BCUT2D eigenvalue weighted by Gasteiger charge is -2.27. The van der Waals surface area contributed by atoms with Gasteiger partial charge in [0.2, 0.25) is 16.6 Å². The third-order valence-electron chi connectivity index (χ3n) is 21.9. The largest absolute Gasteiger partial charge is 0.343 e. The molecule has 0 spiro atoms. The molecule has 0 aliphatic rings. The number of pyridine rings is 4. The standard InChI is InChI=1S/C46H30N2.C46H29N2/c2*1-47-35-25-21-31-17-9-15-29-19-23-33(41(35)37(29)31)43-40(28-13-7-4-8-14-28)46-44(39(45(43)47)27-11-5-3-6-12-27)34-24-20-30-16-10-18-32-22-26-36(48(46)2)42(34)38(30)32/h3-26H,1-2H3;3-25H,1-2H3/q;+1. The molecule has 0 bridgehead atoms. The Balaban J connectivity index is 0.000000127. The fraction of sp³-hybridized carbons (Fsp3) is 0.0435. The van der Waals surface area contributed by atoms with E-state index < -0.39 is 0 Å². The van der Waals surface area contributed by atoms with Crippen molar-refractivity contribution >= 4 is 173 Å². The number of aromatic nitrogens is 4. The molecule has 4 heteroatoms. The lowest BCUT2D eigenvalue weighted by atomic mass is 9.83. The van der Waals surface area contributed by atoms with E-state index in [1.807, 2.05) is 0 Å². The SMILES string of the molecule is C[n+]1c2[c-]cc3cccc4ccc(c5c(-c6ccccc6)c6c(c(-c7ccccc7)c51)c1ccc5cccc7ccc(c1c57)[n+]6C)c2c34.Cn1c2ccc3cccc4ccc(c5c(-c6ccccc6)c6c(c(-c7ccccc7)c51)c1ccc5cccc7ccc(c1c57)n6C)c2c43. The van der Waals surface area contributed by atoms with Gasteiger partial charge >= 0.3 is 0 Å². The predicted molar refractivity (Wildman–Crippen MR) is 407 cm³/mol. The smallest absolute Gasteiger partial charge is 0.223 e. The lowest BCUT2D eigenvalue weighted by molar-refractivity contribution is -0.618. The Morgan fingerprint density at radius 2 is 0.573 bits per heavy atom. The van der Waals surface area contributed by atoms with E-state index in [2.05, 4.69) is 338 Å². The second-order valence-corrected chi connectivity index (χ2v) is 26.6. The molecular weight excluding hydrogens is 1160 g/mol. The third-order valence-corrected chi connectivity index (χ3v) is 21.9. The Bertz CT molecular complexity index is 6150. The van der Waals surface area contributed by atoms with Crippen molar-refractivity contribution in [3.63, 3.8) is 0 Å². The third kappa shape index (κ3) is 7.01. The molecule has 0 aliphatic carbocycles. The number of rotatable bonds is 4. The van der Waals surface area contributed by atoms with Gasteiger partial charge in [0.15, 0.2) is 0 Å². The van der Waals surface area contributed by atoms with Gasteiger partial charge in [-0.05, 0) is 105 Å². The average Bonchev–Trinajstić information content (AvgIpc) is 0.687. The van der Waals surface area contributed by atoms with E-state index in [-0.39, 0.29) is 0 Å². The minimum absolute atomic E-state index is 1.12. The molecule has 446 valence electrons. The molecule has 4 nitrogen and oxygen atoms in total. The minimum Gasteiger partial charge on any atom is -0.343 e. The van der Waals surface area contributed by atoms with Gasteiger partial charge < -0.3 is 9.13 Å². The fourth-order valence-corrected chi connectivity index (χ4v) is 18.0. The van der Waals surface area contributed by atoms with Crippen LogP contribution in [0.15, 0.2) is 285 Å². The van der Waals surface area contributed by atoms with E-state index in [0.717, 1.165) is 5.52 Å². The molecule has 0 amide bonds. The zero-order valence-corrected chi connectivity index (χ0v) is 53.4. The molecule has 0 saturated carbocycles. The van der Waals surface area contributed by atoms with Crippen LogP contribution >= 0.6 is 0 Å². The molecule has 0 atom stereocenters. The van der Waals surface area contributed by atoms with Crippen LogP contribution in [-0.4, -0.2) is 9.13 Å². The maximum atomic E-state index is 3.76. The summed E-state index contributed by atoms with van der Waals surface area (Å²) in [6.45, 7) is 0. The van der Waals surface area contributed by atoms with Crippen molar-refractivity contribution in [1.82, 2.24) is 9.13 Å². The Hall–Kier alpha value is -12.2. The second-order valence-electron chi connectivity index (χ2n) is 26.6. The first-order chi connectivity index (χ1) is 47.4. The summed E-state index contributed by atoms with van der Waals surface area (Å²) in [7, 11) is 9.06. The number of aryl methyl sites for hydroxylation is 4. The number of hydrogen-bond acceptors (Lipinski definition) is 0. The second kappa shape index (κ2) is 19.7. The Morgan fingerprint density at radius 1 is 0.250 bits per heavy atom. The van der Waals surface area contributed by atoms with Crippen molar-refractivity contribution in [3.8, 4) is 44.5 Å². The molecule has 4 aromatic heterocycles. The Morgan fingerprint density at radius 3 is 0.990 bits per heavy atom. The van der Waals surface area contributed by atoms with Gasteiger partial charge in [0.25, 0.3) is 0 Å².